The smallest absolute Gasteiger partial charge is 0.324 e. The van der Waals surface area contributed by atoms with Gasteiger partial charge in [-0.1, -0.05) is 34.3 Å². The first-order valence-electron chi connectivity index (χ1n) is 8.19. The maximum Gasteiger partial charge on any atom is 0.324 e. The number of carbonyl (C=O) groups excluding carboxylic acids is 1. The molecule has 1 aromatic carbocycles. The maximum atomic E-state index is 12.3. The van der Waals surface area contributed by atoms with Gasteiger partial charge in [-0.15, -0.1) is 0 Å². The van der Waals surface area contributed by atoms with Gasteiger partial charge in [-0.25, -0.2) is 0 Å². The van der Waals surface area contributed by atoms with E-state index in [4.69, 9.17) is 16.3 Å². The van der Waals surface area contributed by atoms with Crippen LogP contribution >= 0.6 is 34.3 Å². The number of hydrogen-bond acceptors (Lipinski definition) is 6. The third kappa shape index (κ3) is 4.39. The molecule has 0 saturated carbocycles. The second kappa shape index (κ2) is 8.78. The van der Waals surface area contributed by atoms with E-state index in [0.29, 0.717) is 27.9 Å². The highest BCUT2D eigenvalue weighted by Gasteiger charge is 2.12. The highest BCUT2D eigenvalue weighted by molar-refractivity contribution is 7.16. The first kappa shape index (κ1) is 20.4. The standard InChI is InChI=1S/C18H16ClN3O4S2/c1-11-13(19)5-6-14-17(11)21(9-10-26-2)18(28-14)20-15(23)7-3-12-4-8-16(27-12)22(24)25/h3-8H,9-10H2,1-2H3. The van der Waals surface area contributed by atoms with Gasteiger partial charge in [-0.05, 0) is 36.8 Å². The number of ether oxygens (including phenoxy) is 1. The highest BCUT2D eigenvalue weighted by atomic mass is 35.5. The Kier molecular flexibility index (Phi) is 6.40. The molecular weight excluding hydrogens is 422 g/mol. The Morgan fingerprint density at radius 1 is 1.36 bits per heavy atom. The second-order valence-corrected chi connectivity index (χ2v) is 8.27. The Morgan fingerprint density at radius 2 is 2.14 bits per heavy atom. The van der Waals surface area contributed by atoms with Gasteiger partial charge in [0.25, 0.3) is 5.91 Å². The summed E-state index contributed by atoms with van der Waals surface area (Å²) >= 11 is 8.65. The summed E-state index contributed by atoms with van der Waals surface area (Å²) < 4.78 is 8.08. The first-order chi connectivity index (χ1) is 13.4. The largest absolute Gasteiger partial charge is 0.383 e. The Labute approximate surface area is 173 Å². The van der Waals surface area contributed by atoms with Crippen LogP contribution < -0.4 is 4.80 Å². The van der Waals surface area contributed by atoms with Crippen molar-refractivity contribution < 1.29 is 14.5 Å². The molecule has 0 aliphatic heterocycles. The third-order valence-corrected chi connectivity index (χ3v) is 6.39. The van der Waals surface area contributed by atoms with E-state index in [2.05, 4.69) is 4.99 Å². The minimum atomic E-state index is -0.461. The molecule has 0 atom stereocenters. The summed E-state index contributed by atoms with van der Waals surface area (Å²) in [4.78, 5) is 28.0. The molecule has 7 nitrogen and oxygen atoms in total. The van der Waals surface area contributed by atoms with Crippen LogP contribution in [0.5, 0.6) is 0 Å². The number of nitro groups is 1. The van der Waals surface area contributed by atoms with Crippen LogP contribution in [0.3, 0.4) is 0 Å². The molecule has 0 fully saturated rings. The fourth-order valence-corrected chi connectivity index (χ4v) is 4.60. The molecule has 10 heteroatoms. The predicted molar refractivity (Wildman–Crippen MR) is 112 cm³/mol. The molecule has 3 rings (SSSR count). The lowest BCUT2D eigenvalue weighted by Gasteiger charge is -2.07. The summed E-state index contributed by atoms with van der Waals surface area (Å²) in [6.07, 6.45) is 2.83. The Bertz CT molecular complexity index is 1140. The summed E-state index contributed by atoms with van der Waals surface area (Å²) in [6.45, 7) is 2.92. The van der Waals surface area contributed by atoms with Crippen LogP contribution in [0.25, 0.3) is 16.3 Å². The number of hydrogen-bond donors (Lipinski definition) is 0. The summed E-state index contributed by atoms with van der Waals surface area (Å²) in [5, 5.41) is 11.4. The maximum absolute atomic E-state index is 12.3. The van der Waals surface area contributed by atoms with Crippen LogP contribution in [0.1, 0.15) is 10.4 Å². The Morgan fingerprint density at radius 3 is 2.82 bits per heavy atom. The number of amides is 1. The summed E-state index contributed by atoms with van der Waals surface area (Å²) in [5.41, 5.74) is 1.85. The zero-order valence-corrected chi connectivity index (χ0v) is 17.4. The van der Waals surface area contributed by atoms with Gasteiger partial charge < -0.3 is 9.30 Å². The van der Waals surface area contributed by atoms with E-state index in [1.54, 1.807) is 13.2 Å². The van der Waals surface area contributed by atoms with Gasteiger partial charge in [-0.3, -0.25) is 14.9 Å². The molecule has 0 aliphatic rings. The lowest BCUT2D eigenvalue weighted by atomic mass is 10.2. The van der Waals surface area contributed by atoms with Crippen molar-refractivity contribution >= 4 is 61.5 Å². The number of benzene rings is 1. The molecule has 1 amide bonds. The molecule has 0 N–H and O–H groups in total. The van der Waals surface area contributed by atoms with Gasteiger partial charge in [0.15, 0.2) is 4.80 Å². The molecule has 0 unspecified atom stereocenters. The van der Waals surface area contributed by atoms with Gasteiger partial charge in [0, 0.05) is 35.7 Å². The molecule has 0 radical (unpaired) electrons. The topological polar surface area (TPSA) is 86.7 Å². The van der Waals surface area contributed by atoms with Crippen molar-refractivity contribution in [3.63, 3.8) is 0 Å². The monoisotopic (exact) mass is 437 g/mol. The molecule has 0 spiro atoms. The third-order valence-electron chi connectivity index (χ3n) is 3.94. The SMILES string of the molecule is COCCn1c(=NC(=O)C=Cc2ccc([N+](=O)[O-])s2)sc2ccc(Cl)c(C)c21. The summed E-state index contributed by atoms with van der Waals surface area (Å²) in [6, 6.07) is 6.73. The van der Waals surface area contributed by atoms with Crippen LogP contribution in [0, 0.1) is 17.0 Å². The predicted octanol–water partition coefficient (Wildman–Crippen LogP) is 4.42. The van der Waals surface area contributed by atoms with Crippen LogP contribution in [-0.2, 0) is 16.1 Å². The van der Waals surface area contributed by atoms with Gasteiger partial charge in [0.05, 0.1) is 21.7 Å². The van der Waals surface area contributed by atoms with Crippen molar-refractivity contribution in [2.24, 2.45) is 4.99 Å². The van der Waals surface area contributed by atoms with Gasteiger partial charge in [-0.2, -0.15) is 4.99 Å². The normalized spacial score (nSPS) is 12.3. The molecule has 2 aromatic heterocycles. The Balaban J connectivity index is 1.97. The molecule has 146 valence electrons. The van der Waals surface area contributed by atoms with E-state index in [1.807, 2.05) is 23.6 Å². The minimum absolute atomic E-state index is 0.0262. The number of methoxy groups -OCH3 is 1. The molecule has 3 aromatic rings. The van der Waals surface area contributed by atoms with E-state index in [1.165, 1.54) is 29.6 Å². The fraction of sp³-hybridized carbons (Fsp3) is 0.222. The average Bonchev–Trinajstić information content (AvgIpc) is 3.26. The number of rotatable bonds is 6. The van der Waals surface area contributed by atoms with Gasteiger partial charge in [0.2, 0.25) is 0 Å². The lowest BCUT2D eigenvalue weighted by molar-refractivity contribution is -0.380. The van der Waals surface area contributed by atoms with Crippen LogP contribution in [0.2, 0.25) is 5.02 Å². The van der Waals surface area contributed by atoms with Crippen LogP contribution in [-0.4, -0.2) is 29.1 Å². The number of thiazole rings is 1. The van der Waals surface area contributed by atoms with Crippen LogP contribution in [0.4, 0.5) is 5.00 Å². The van der Waals surface area contributed by atoms with Crippen molar-refractivity contribution in [2.45, 2.75) is 13.5 Å². The first-order valence-corrected chi connectivity index (χ1v) is 10.2. The number of thiophene rings is 1. The fourth-order valence-electron chi connectivity index (χ4n) is 2.61. The number of nitrogens with zero attached hydrogens (tertiary/aromatic N) is 3. The average molecular weight is 438 g/mol. The van der Waals surface area contributed by atoms with E-state index in [9.17, 15) is 14.9 Å². The van der Waals surface area contributed by atoms with Crippen molar-refractivity contribution in [1.29, 1.82) is 0 Å². The lowest BCUT2D eigenvalue weighted by Crippen LogP contribution is -2.19. The van der Waals surface area contributed by atoms with Crippen molar-refractivity contribution in [1.82, 2.24) is 4.57 Å². The zero-order valence-electron chi connectivity index (χ0n) is 15.0. The molecule has 28 heavy (non-hydrogen) atoms. The second-order valence-electron chi connectivity index (χ2n) is 5.76. The van der Waals surface area contributed by atoms with Crippen molar-refractivity contribution in [3.05, 3.63) is 60.7 Å². The minimum Gasteiger partial charge on any atom is -0.383 e. The summed E-state index contributed by atoms with van der Waals surface area (Å²) in [7, 11) is 1.61. The zero-order chi connectivity index (χ0) is 20.3. The quantitative estimate of drug-likeness (QED) is 0.324. The molecule has 0 aliphatic carbocycles. The van der Waals surface area contributed by atoms with E-state index in [-0.39, 0.29) is 5.00 Å². The number of carbonyl (C=O) groups is 1. The van der Waals surface area contributed by atoms with Crippen molar-refractivity contribution in [3.8, 4) is 0 Å². The number of halogens is 1. The Hall–Kier alpha value is -2.33. The summed E-state index contributed by atoms with van der Waals surface area (Å²) in [5.74, 6) is -0.447. The molecular formula is C18H16ClN3O4S2. The van der Waals surface area contributed by atoms with E-state index < -0.39 is 10.8 Å². The van der Waals surface area contributed by atoms with Gasteiger partial charge in [0.1, 0.15) is 0 Å². The van der Waals surface area contributed by atoms with E-state index >= 15 is 0 Å². The molecule has 0 saturated heterocycles. The van der Waals surface area contributed by atoms with Crippen molar-refractivity contribution in [2.75, 3.05) is 13.7 Å². The van der Waals surface area contributed by atoms with Gasteiger partial charge >= 0.3 is 5.00 Å². The number of aryl methyl sites for hydroxylation is 1. The van der Waals surface area contributed by atoms with E-state index in [0.717, 1.165) is 27.1 Å². The molecule has 2 heterocycles. The van der Waals surface area contributed by atoms with Crippen LogP contribution in [0.15, 0.2) is 35.3 Å². The highest BCUT2D eigenvalue weighted by Crippen LogP contribution is 2.27. The number of aromatic nitrogens is 1. The molecule has 0 bridgehead atoms. The number of fused-ring (bicyclic) bond motifs is 1.